The molecule has 2 rings (SSSR count). The standard InChI is InChI=1S/C14H18N2O2/c1-18-12-5-4-11(9-15)13(8-12)16-14(10-17)6-2-3-7-14/h4-5,8,16-17H,2-3,6-7,10H2,1H3. The normalized spacial score (nSPS) is 17.2. The van der Waals surface area contributed by atoms with Crippen molar-refractivity contribution >= 4 is 5.69 Å². The molecule has 0 aromatic heterocycles. The van der Waals surface area contributed by atoms with Gasteiger partial charge in [-0.3, -0.25) is 0 Å². The van der Waals surface area contributed by atoms with E-state index in [0.29, 0.717) is 11.3 Å². The SMILES string of the molecule is COc1ccc(C#N)c(NC2(CO)CCCC2)c1. The fraction of sp³-hybridized carbons (Fsp3) is 0.500. The molecule has 0 saturated heterocycles. The number of anilines is 1. The zero-order valence-electron chi connectivity index (χ0n) is 10.6. The van der Waals surface area contributed by atoms with Gasteiger partial charge in [-0.1, -0.05) is 12.8 Å². The van der Waals surface area contributed by atoms with Gasteiger partial charge >= 0.3 is 0 Å². The highest BCUT2D eigenvalue weighted by molar-refractivity contribution is 5.61. The van der Waals surface area contributed by atoms with E-state index in [1.807, 2.05) is 6.07 Å². The van der Waals surface area contributed by atoms with Gasteiger partial charge in [0.15, 0.2) is 0 Å². The monoisotopic (exact) mass is 246 g/mol. The minimum absolute atomic E-state index is 0.0923. The average Bonchev–Trinajstić information content (AvgIpc) is 2.88. The van der Waals surface area contributed by atoms with E-state index in [1.165, 1.54) is 0 Å². The number of methoxy groups -OCH3 is 1. The summed E-state index contributed by atoms with van der Waals surface area (Å²) in [4.78, 5) is 0. The van der Waals surface area contributed by atoms with Crippen LogP contribution in [0.3, 0.4) is 0 Å². The topological polar surface area (TPSA) is 65.3 Å². The molecular weight excluding hydrogens is 228 g/mol. The second-order valence-electron chi connectivity index (χ2n) is 4.79. The molecule has 0 heterocycles. The van der Waals surface area contributed by atoms with E-state index in [0.717, 1.165) is 31.4 Å². The third-order valence-electron chi connectivity index (χ3n) is 3.61. The minimum Gasteiger partial charge on any atom is -0.497 e. The Balaban J connectivity index is 2.29. The molecule has 1 aromatic carbocycles. The molecule has 0 spiro atoms. The van der Waals surface area contributed by atoms with Gasteiger partial charge in [-0.15, -0.1) is 0 Å². The third-order valence-corrected chi connectivity index (χ3v) is 3.61. The Bertz CT molecular complexity index is 459. The molecule has 0 aliphatic heterocycles. The molecule has 1 aromatic rings. The molecule has 0 radical (unpaired) electrons. The van der Waals surface area contributed by atoms with Crippen LogP contribution in [0.5, 0.6) is 5.75 Å². The summed E-state index contributed by atoms with van der Waals surface area (Å²) in [5.74, 6) is 0.711. The van der Waals surface area contributed by atoms with Gasteiger partial charge in [-0.05, 0) is 25.0 Å². The van der Waals surface area contributed by atoms with Crippen molar-refractivity contribution in [1.82, 2.24) is 0 Å². The van der Waals surface area contributed by atoms with Crippen molar-refractivity contribution in [3.05, 3.63) is 23.8 Å². The zero-order valence-corrected chi connectivity index (χ0v) is 10.6. The quantitative estimate of drug-likeness (QED) is 0.855. The van der Waals surface area contributed by atoms with Crippen LogP contribution in [0, 0.1) is 11.3 Å². The summed E-state index contributed by atoms with van der Waals surface area (Å²) in [5.41, 5.74) is 1.04. The summed E-state index contributed by atoms with van der Waals surface area (Å²) < 4.78 is 5.17. The molecule has 2 N–H and O–H groups in total. The van der Waals surface area contributed by atoms with Crippen molar-refractivity contribution in [3.63, 3.8) is 0 Å². The first-order valence-corrected chi connectivity index (χ1v) is 6.20. The smallest absolute Gasteiger partial charge is 0.121 e. The first-order valence-electron chi connectivity index (χ1n) is 6.20. The first-order chi connectivity index (χ1) is 8.73. The van der Waals surface area contributed by atoms with Gasteiger partial charge in [-0.2, -0.15) is 5.26 Å². The van der Waals surface area contributed by atoms with Crippen LogP contribution in [0.2, 0.25) is 0 Å². The van der Waals surface area contributed by atoms with Crippen molar-refractivity contribution < 1.29 is 9.84 Å². The molecule has 4 nitrogen and oxygen atoms in total. The Morgan fingerprint density at radius 1 is 1.44 bits per heavy atom. The Morgan fingerprint density at radius 3 is 2.72 bits per heavy atom. The predicted molar refractivity (Wildman–Crippen MR) is 69.6 cm³/mol. The number of aliphatic hydroxyl groups is 1. The van der Waals surface area contributed by atoms with Crippen LogP contribution < -0.4 is 10.1 Å². The van der Waals surface area contributed by atoms with E-state index in [1.54, 1.807) is 19.2 Å². The van der Waals surface area contributed by atoms with Crippen LogP contribution in [0.4, 0.5) is 5.69 Å². The molecule has 18 heavy (non-hydrogen) atoms. The van der Waals surface area contributed by atoms with E-state index >= 15 is 0 Å². The molecule has 96 valence electrons. The lowest BCUT2D eigenvalue weighted by Crippen LogP contribution is -2.39. The molecule has 0 unspecified atom stereocenters. The molecule has 1 aliphatic rings. The van der Waals surface area contributed by atoms with Gasteiger partial charge in [0.2, 0.25) is 0 Å². The molecule has 0 amide bonds. The molecule has 4 heteroatoms. The molecule has 1 aliphatic carbocycles. The zero-order chi connectivity index (χ0) is 13.0. The summed E-state index contributed by atoms with van der Waals surface area (Å²) in [6.45, 7) is 0.0923. The van der Waals surface area contributed by atoms with Crippen molar-refractivity contribution in [2.45, 2.75) is 31.2 Å². The summed E-state index contributed by atoms with van der Waals surface area (Å²) in [7, 11) is 1.60. The van der Waals surface area contributed by atoms with Crippen LogP contribution in [0.25, 0.3) is 0 Å². The summed E-state index contributed by atoms with van der Waals surface area (Å²) in [6.07, 6.45) is 4.09. The summed E-state index contributed by atoms with van der Waals surface area (Å²) >= 11 is 0. The number of nitriles is 1. The first kappa shape index (κ1) is 12.7. The molecule has 0 atom stereocenters. The maximum Gasteiger partial charge on any atom is 0.121 e. The number of hydrogen-bond donors (Lipinski definition) is 2. The van der Waals surface area contributed by atoms with E-state index < -0.39 is 0 Å². The van der Waals surface area contributed by atoms with E-state index in [2.05, 4.69) is 11.4 Å². The lowest BCUT2D eigenvalue weighted by Gasteiger charge is -2.29. The summed E-state index contributed by atoms with van der Waals surface area (Å²) in [5, 5.41) is 22.1. The Morgan fingerprint density at radius 2 is 2.17 bits per heavy atom. The van der Waals surface area contributed by atoms with Crippen molar-refractivity contribution in [2.75, 3.05) is 19.0 Å². The molecule has 1 saturated carbocycles. The van der Waals surface area contributed by atoms with Crippen LogP contribution in [0.15, 0.2) is 18.2 Å². The van der Waals surface area contributed by atoms with E-state index in [-0.39, 0.29) is 12.1 Å². The largest absolute Gasteiger partial charge is 0.497 e. The predicted octanol–water partition coefficient (Wildman–Crippen LogP) is 2.28. The second kappa shape index (κ2) is 5.28. The molecular formula is C14H18N2O2. The number of hydrogen-bond acceptors (Lipinski definition) is 4. The fourth-order valence-corrected chi connectivity index (χ4v) is 2.51. The number of nitrogens with one attached hydrogen (secondary N) is 1. The van der Waals surface area contributed by atoms with E-state index in [9.17, 15) is 5.11 Å². The highest BCUT2D eigenvalue weighted by Gasteiger charge is 2.33. The number of benzene rings is 1. The van der Waals surface area contributed by atoms with Crippen LogP contribution in [-0.4, -0.2) is 24.4 Å². The Kier molecular flexibility index (Phi) is 3.73. The van der Waals surface area contributed by atoms with Crippen molar-refractivity contribution in [3.8, 4) is 11.8 Å². The lowest BCUT2D eigenvalue weighted by molar-refractivity contribution is 0.214. The maximum atomic E-state index is 9.59. The molecule has 1 fully saturated rings. The van der Waals surface area contributed by atoms with Crippen LogP contribution >= 0.6 is 0 Å². The van der Waals surface area contributed by atoms with Crippen molar-refractivity contribution in [2.24, 2.45) is 0 Å². The molecule has 0 bridgehead atoms. The van der Waals surface area contributed by atoms with E-state index in [4.69, 9.17) is 10.00 Å². The van der Waals surface area contributed by atoms with Crippen molar-refractivity contribution in [1.29, 1.82) is 5.26 Å². The number of aliphatic hydroxyl groups excluding tert-OH is 1. The fourth-order valence-electron chi connectivity index (χ4n) is 2.51. The Labute approximate surface area is 107 Å². The number of rotatable bonds is 4. The Hall–Kier alpha value is -1.73. The van der Waals surface area contributed by atoms with Gasteiger partial charge in [-0.25, -0.2) is 0 Å². The number of ether oxygens (including phenoxy) is 1. The average molecular weight is 246 g/mol. The van der Waals surface area contributed by atoms with Crippen LogP contribution in [-0.2, 0) is 0 Å². The number of nitrogens with zero attached hydrogens (tertiary/aromatic N) is 1. The minimum atomic E-state index is -0.280. The third kappa shape index (κ3) is 2.41. The second-order valence-corrected chi connectivity index (χ2v) is 4.79. The van der Waals surface area contributed by atoms with Gasteiger partial charge in [0.25, 0.3) is 0 Å². The van der Waals surface area contributed by atoms with Gasteiger partial charge in [0.1, 0.15) is 11.8 Å². The van der Waals surface area contributed by atoms with Gasteiger partial charge < -0.3 is 15.2 Å². The van der Waals surface area contributed by atoms with Crippen LogP contribution in [0.1, 0.15) is 31.2 Å². The summed E-state index contributed by atoms with van der Waals surface area (Å²) in [6, 6.07) is 7.48. The lowest BCUT2D eigenvalue weighted by atomic mass is 9.97. The maximum absolute atomic E-state index is 9.59. The van der Waals surface area contributed by atoms with Gasteiger partial charge in [0, 0.05) is 6.07 Å². The van der Waals surface area contributed by atoms with Gasteiger partial charge in [0.05, 0.1) is 30.5 Å². The highest BCUT2D eigenvalue weighted by Crippen LogP contribution is 2.34. The highest BCUT2D eigenvalue weighted by atomic mass is 16.5.